The molecule has 0 aliphatic rings. The van der Waals surface area contributed by atoms with E-state index in [4.69, 9.17) is 10.5 Å². The molecule has 1 heterocycles. The summed E-state index contributed by atoms with van der Waals surface area (Å²) in [7, 11) is 1.66. The highest BCUT2D eigenvalue weighted by atomic mass is 32.2. The van der Waals surface area contributed by atoms with Gasteiger partial charge in [-0.25, -0.2) is 4.98 Å². The van der Waals surface area contributed by atoms with Crippen LogP contribution in [-0.4, -0.2) is 28.7 Å². The average Bonchev–Trinajstić information content (AvgIpc) is 2.64. The topological polar surface area (TPSA) is 53.1 Å². The van der Waals surface area contributed by atoms with Crippen LogP contribution in [0.25, 0.3) is 11.0 Å². The average molecular weight is 251 g/mol. The smallest absolute Gasteiger partial charge is 0.201 e. The van der Waals surface area contributed by atoms with Gasteiger partial charge in [0.1, 0.15) is 5.75 Å². The summed E-state index contributed by atoms with van der Waals surface area (Å²) in [5, 5.41) is 0. The maximum Gasteiger partial charge on any atom is 0.201 e. The Morgan fingerprint density at radius 3 is 2.94 bits per heavy atom. The van der Waals surface area contributed by atoms with Crippen molar-refractivity contribution in [2.24, 2.45) is 0 Å². The molecule has 17 heavy (non-hydrogen) atoms. The second kappa shape index (κ2) is 4.87. The molecule has 2 rings (SSSR count). The van der Waals surface area contributed by atoms with Crippen LogP contribution in [0.4, 0.5) is 5.95 Å². The van der Waals surface area contributed by atoms with E-state index in [-0.39, 0.29) is 0 Å². The fraction of sp³-hybridized carbons (Fsp3) is 0.417. The van der Waals surface area contributed by atoms with Crippen molar-refractivity contribution in [3.8, 4) is 5.75 Å². The molecule has 2 aromatic rings. The molecule has 0 fully saturated rings. The van der Waals surface area contributed by atoms with Crippen LogP contribution in [0, 0.1) is 0 Å². The molecule has 0 saturated heterocycles. The number of methoxy groups -OCH3 is 1. The maximum absolute atomic E-state index is 5.98. The number of nitrogen functional groups attached to an aromatic ring is 1. The fourth-order valence-corrected chi connectivity index (χ4v) is 2.63. The molecule has 1 aromatic heterocycles. The van der Waals surface area contributed by atoms with Crippen molar-refractivity contribution in [1.82, 2.24) is 9.55 Å². The van der Waals surface area contributed by atoms with Gasteiger partial charge in [-0.2, -0.15) is 11.8 Å². The largest absolute Gasteiger partial charge is 0.497 e. The first-order valence-electron chi connectivity index (χ1n) is 5.47. The quantitative estimate of drug-likeness (QED) is 0.907. The van der Waals surface area contributed by atoms with E-state index in [1.54, 1.807) is 18.9 Å². The lowest BCUT2D eigenvalue weighted by atomic mass is 10.2. The molecule has 0 radical (unpaired) electrons. The third-order valence-corrected chi connectivity index (χ3v) is 3.59. The number of nitrogens with two attached hydrogens (primary N) is 1. The number of anilines is 1. The lowest BCUT2D eigenvalue weighted by molar-refractivity contribution is 0.415. The first-order chi connectivity index (χ1) is 8.17. The van der Waals surface area contributed by atoms with E-state index in [1.807, 2.05) is 18.2 Å². The van der Waals surface area contributed by atoms with E-state index >= 15 is 0 Å². The Hall–Kier alpha value is -1.36. The molecular formula is C12H17N3OS. The summed E-state index contributed by atoms with van der Waals surface area (Å²) in [5.74, 6) is 2.40. The highest BCUT2D eigenvalue weighted by molar-refractivity contribution is 7.98. The van der Waals surface area contributed by atoms with Gasteiger partial charge in [-0.3, -0.25) is 0 Å². The lowest BCUT2D eigenvalue weighted by Gasteiger charge is -2.14. The van der Waals surface area contributed by atoms with Crippen LogP contribution in [0.3, 0.4) is 0 Å². The molecule has 2 N–H and O–H groups in total. The van der Waals surface area contributed by atoms with Crippen LogP contribution in [0.1, 0.15) is 13.0 Å². The number of rotatable bonds is 4. The zero-order chi connectivity index (χ0) is 12.4. The number of imidazole rings is 1. The van der Waals surface area contributed by atoms with Gasteiger partial charge in [0, 0.05) is 17.9 Å². The van der Waals surface area contributed by atoms with E-state index in [2.05, 4.69) is 22.7 Å². The Morgan fingerprint density at radius 2 is 2.29 bits per heavy atom. The molecule has 1 unspecified atom stereocenters. The molecule has 92 valence electrons. The predicted molar refractivity (Wildman–Crippen MR) is 73.8 cm³/mol. The minimum absolute atomic E-state index is 0.321. The summed E-state index contributed by atoms with van der Waals surface area (Å²) < 4.78 is 7.30. The van der Waals surface area contributed by atoms with E-state index in [1.165, 1.54) is 0 Å². The van der Waals surface area contributed by atoms with Gasteiger partial charge in [-0.15, -0.1) is 0 Å². The second-order valence-corrected chi connectivity index (χ2v) is 4.91. The van der Waals surface area contributed by atoms with E-state index in [0.717, 1.165) is 22.5 Å². The summed E-state index contributed by atoms with van der Waals surface area (Å²) in [4.78, 5) is 4.37. The van der Waals surface area contributed by atoms with Gasteiger partial charge in [0.05, 0.1) is 18.1 Å². The number of fused-ring (bicyclic) bond motifs is 1. The van der Waals surface area contributed by atoms with Crippen molar-refractivity contribution in [3.05, 3.63) is 18.2 Å². The van der Waals surface area contributed by atoms with Gasteiger partial charge in [0.2, 0.25) is 5.95 Å². The third-order valence-electron chi connectivity index (χ3n) is 2.77. The monoisotopic (exact) mass is 251 g/mol. The highest BCUT2D eigenvalue weighted by Gasteiger charge is 2.14. The molecule has 5 heteroatoms. The van der Waals surface area contributed by atoms with Crippen LogP contribution in [0.2, 0.25) is 0 Å². The Balaban J connectivity index is 2.55. The highest BCUT2D eigenvalue weighted by Crippen LogP contribution is 2.27. The van der Waals surface area contributed by atoms with Crippen molar-refractivity contribution in [2.45, 2.75) is 13.0 Å². The second-order valence-electron chi connectivity index (χ2n) is 4.00. The molecule has 4 nitrogen and oxygen atoms in total. The normalized spacial score (nSPS) is 12.9. The van der Waals surface area contributed by atoms with Gasteiger partial charge >= 0.3 is 0 Å². The minimum atomic E-state index is 0.321. The molecular weight excluding hydrogens is 234 g/mol. The summed E-state index contributed by atoms with van der Waals surface area (Å²) in [6.07, 6.45) is 2.09. The van der Waals surface area contributed by atoms with Crippen molar-refractivity contribution < 1.29 is 4.74 Å². The van der Waals surface area contributed by atoms with Crippen LogP contribution in [0.15, 0.2) is 18.2 Å². The number of aromatic nitrogens is 2. The summed E-state index contributed by atoms with van der Waals surface area (Å²) in [6, 6.07) is 6.14. The van der Waals surface area contributed by atoms with Gasteiger partial charge in [0.25, 0.3) is 0 Å². The van der Waals surface area contributed by atoms with Crippen LogP contribution < -0.4 is 10.5 Å². The van der Waals surface area contributed by atoms with Crippen molar-refractivity contribution >= 4 is 28.7 Å². The summed E-state index contributed by atoms with van der Waals surface area (Å²) >= 11 is 1.80. The molecule has 0 spiro atoms. The summed E-state index contributed by atoms with van der Waals surface area (Å²) in [6.45, 7) is 2.15. The first-order valence-corrected chi connectivity index (χ1v) is 6.87. The summed E-state index contributed by atoms with van der Waals surface area (Å²) in [5.41, 5.74) is 7.92. The Morgan fingerprint density at radius 1 is 1.53 bits per heavy atom. The molecule has 0 aliphatic heterocycles. The van der Waals surface area contributed by atoms with E-state index < -0.39 is 0 Å². The van der Waals surface area contributed by atoms with Crippen LogP contribution >= 0.6 is 11.8 Å². The fourth-order valence-electron chi connectivity index (χ4n) is 2.00. The predicted octanol–water partition coefficient (Wildman–Crippen LogP) is 2.55. The van der Waals surface area contributed by atoms with Crippen LogP contribution in [-0.2, 0) is 0 Å². The van der Waals surface area contributed by atoms with Crippen LogP contribution in [0.5, 0.6) is 5.75 Å². The van der Waals surface area contributed by atoms with Crippen molar-refractivity contribution in [2.75, 3.05) is 24.9 Å². The van der Waals surface area contributed by atoms with E-state index in [9.17, 15) is 0 Å². The number of hydrogen-bond donors (Lipinski definition) is 1. The van der Waals surface area contributed by atoms with Gasteiger partial charge < -0.3 is 15.0 Å². The number of thioether (sulfide) groups is 1. The molecule has 0 aliphatic carbocycles. The first kappa shape index (κ1) is 12.1. The van der Waals surface area contributed by atoms with Gasteiger partial charge in [-0.05, 0) is 25.3 Å². The number of benzene rings is 1. The van der Waals surface area contributed by atoms with Crippen molar-refractivity contribution in [3.63, 3.8) is 0 Å². The molecule has 0 saturated carbocycles. The van der Waals surface area contributed by atoms with Gasteiger partial charge in [-0.1, -0.05) is 0 Å². The van der Waals surface area contributed by atoms with Gasteiger partial charge in [0.15, 0.2) is 0 Å². The third kappa shape index (κ3) is 2.20. The molecule has 1 aromatic carbocycles. The number of hydrogen-bond acceptors (Lipinski definition) is 4. The minimum Gasteiger partial charge on any atom is -0.497 e. The Kier molecular flexibility index (Phi) is 3.47. The standard InChI is InChI=1S/C12H17N3OS/c1-8(7-17-3)15-11-6-9(16-2)4-5-10(11)14-12(15)13/h4-6,8H,7H2,1-3H3,(H2,13,14). The number of nitrogens with zero attached hydrogens (tertiary/aromatic N) is 2. The number of ether oxygens (including phenoxy) is 1. The van der Waals surface area contributed by atoms with E-state index in [0.29, 0.717) is 12.0 Å². The Labute approximate surface area is 105 Å². The zero-order valence-corrected chi connectivity index (χ0v) is 11.1. The zero-order valence-electron chi connectivity index (χ0n) is 10.3. The van der Waals surface area contributed by atoms with Crippen molar-refractivity contribution in [1.29, 1.82) is 0 Å². The Bertz CT molecular complexity index is 524. The molecule has 0 amide bonds. The molecule has 0 bridgehead atoms. The molecule has 1 atom stereocenters. The lowest BCUT2D eigenvalue weighted by Crippen LogP contribution is -2.10. The maximum atomic E-state index is 5.98. The SMILES string of the molecule is COc1ccc2nc(N)n(C(C)CSC)c2c1.